The molecule has 0 bridgehead atoms. The third-order valence-electron chi connectivity index (χ3n) is 3.65. The maximum absolute atomic E-state index is 11.8. The fraction of sp³-hybridized carbons (Fsp3) is 0.429. The monoisotopic (exact) mass is 260 g/mol. The molecule has 5 nitrogen and oxygen atoms in total. The number of hydrogen-bond donors (Lipinski definition) is 0. The van der Waals surface area contributed by atoms with Crippen molar-refractivity contribution in [3.63, 3.8) is 0 Å². The molecule has 1 fully saturated rings. The first-order valence-corrected chi connectivity index (χ1v) is 6.61. The molecular formula is C14H16N2O3. The van der Waals surface area contributed by atoms with Gasteiger partial charge in [0.05, 0.1) is 10.9 Å². The lowest BCUT2D eigenvalue weighted by Crippen LogP contribution is -2.31. The van der Waals surface area contributed by atoms with Crippen molar-refractivity contribution in [1.29, 1.82) is 0 Å². The summed E-state index contributed by atoms with van der Waals surface area (Å²) in [5.41, 5.74) is 0.0981. The fourth-order valence-corrected chi connectivity index (χ4v) is 2.63. The fourth-order valence-electron chi connectivity index (χ4n) is 2.63. The van der Waals surface area contributed by atoms with Gasteiger partial charge in [0.1, 0.15) is 0 Å². The van der Waals surface area contributed by atoms with Gasteiger partial charge in [0, 0.05) is 13.1 Å². The number of para-hydroxylation sites is 1. The largest absolute Gasteiger partial charge is 0.422 e. The van der Waals surface area contributed by atoms with Gasteiger partial charge in [-0.1, -0.05) is 12.1 Å². The molecule has 0 aliphatic carbocycles. The highest BCUT2D eigenvalue weighted by Gasteiger charge is 2.13. The van der Waals surface area contributed by atoms with Gasteiger partial charge in [-0.05, 0) is 38.1 Å². The molecule has 0 unspecified atom stereocenters. The Bertz CT molecular complexity index is 696. The van der Waals surface area contributed by atoms with E-state index in [4.69, 9.17) is 4.42 Å². The maximum atomic E-state index is 11.8. The van der Waals surface area contributed by atoms with E-state index in [-0.39, 0.29) is 0 Å². The van der Waals surface area contributed by atoms with Gasteiger partial charge in [0.25, 0.3) is 0 Å². The second kappa shape index (κ2) is 5.01. The lowest BCUT2D eigenvalue weighted by atomic mass is 10.2. The van der Waals surface area contributed by atoms with Crippen LogP contribution in [0, 0.1) is 0 Å². The summed E-state index contributed by atoms with van der Waals surface area (Å²) < 4.78 is 6.32. The molecule has 1 aliphatic rings. The highest BCUT2D eigenvalue weighted by atomic mass is 16.4. The Balaban J connectivity index is 1.97. The molecule has 1 aliphatic heterocycles. The Morgan fingerprint density at radius 1 is 1.05 bits per heavy atom. The van der Waals surface area contributed by atoms with Crippen molar-refractivity contribution >= 4 is 10.9 Å². The molecule has 0 saturated carbocycles. The first-order chi connectivity index (χ1) is 9.25. The minimum absolute atomic E-state index is 0.462. The van der Waals surface area contributed by atoms with E-state index < -0.39 is 11.4 Å². The van der Waals surface area contributed by atoms with E-state index in [1.807, 2.05) is 6.07 Å². The molecule has 0 spiro atoms. The van der Waals surface area contributed by atoms with Gasteiger partial charge in [-0.25, -0.2) is 9.59 Å². The van der Waals surface area contributed by atoms with Crippen LogP contribution in [-0.2, 0) is 6.54 Å². The van der Waals surface area contributed by atoms with Gasteiger partial charge in [-0.2, -0.15) is 0 Å². The number of benzene rings is 1. The maximum Gasteiger partial charge on any atom is 0.422 e. The van der Waals surface area contributed by atoms with Crippen molar-refractivity contribution in [2.24, 2.45) is 0 Å². The van der Waals surface area contributed by atoms with Crippen LogP contribution in [0.4, 0.5) is 0 Å². The standard InChI is InChI=1S/C14H16N2O3/c17-13-11-5-1-2-6-12(11)16(14(18)19-13)10-9-15-7-3-4-8-15/h1-2,5-6H,3-4,7-10H2. The Labute approximate surface area is 110 Å². The van der Waals surface area contributed by atoms with E-state index in [2.05, 4.69) is 4.90 Å². The topological polar surface area (TPSA) is 55.5 Å². The van der Waals surface area contributed by atoms with E-state index in [0.29, 0.717) is 17.4 Å². The van der Waals surface area contributed by atoms with Crippen LogP contribution in [0.1, 0.15) is 12.8 Å². The minimum Gasteiger partial charge on any atom is -0.372 e. The number of hydrogen-bond acceptors (Lipinski definition) is 4. The Morgan fingerprint density at radius 2 is 1.79 bits per heavy atom. The van der Waals surface area contributed by atoms with Crippen LogP contribution in [-0.4, -0.2) is 29.1 Å². The van der Waals surface area contributed by atoms with E-state index in [1.165, 1.54) is 12.8 Å². The third-order valence-corrected chi connectivity index (χ3v) is 3.65. The molecule has 0 amide bonds. The lowest BCUT2D eigenvalue weighted by molar-refractivity contribution is 0.310. The lowest BCUT2D eigenvalue weighted by Gasteiger charge is -2.15. The van der Waals surface area contributed by atoms with Gasteiger partial charge in [0.15, 0.2) is 0 Å². The van der Waals surface area contributed by atoms with Crippen LogP contribution >= 0.6 is 0 Å². The summed E-state index contributed by atoms with van der Waals surface area (Å²) in [7, 11) is 0. The summed E-state index contributed by atoms with van der Waals surface area (Å²) in [4.78, 5) is 25.8. The van der Waals surface area contributed by atoms with Crippen LogP contribution in [0.2, 0.25) is 0 Å². The number of likely N-dealkylation sites (tertiary alicyclic amines) is 1. The summed E-state index contributed by atoms with van der Waals surface area (Å²) in [5.74, 6) is -0.567. The van der Waals surface area contributed by atoms with Gasteiger partial charge >= 0.3 is 11.4 Å². The molecule has 1 aromatic carbocycles. The average molecular weight is 260 g/mol. The first kappa shape index (κ1) is 12.2. The normalized spacial score (nSPS) is 16.2. The van der Waals surface area contributed by atoms with Crippen molar-refractivity contribution in [2.75, 3.05) is 19.6 Å². The van der Waals surface area contributed by atoms with Gasteiger partial charge < -0.3 is 9.32 Å². The number of aromatic nitrogens is 1. The predicted octanol–water partition coefficient (Wildman–Crippen LogP) is 1.05. The summed E-state index contributed by atoms with van der Waals surface area (Å²) in [6.45, 7) is 3.55. The number of nitrogens with zero attached hydrogens (tertiary/aromatic N) is 2. The number of fused-ring (bicyclic) bond motifs is 1. The Hall–Kier alpha value is -1.88. The molecule has 2 heterocycles. The summed E-state index contributed by atoms with van der Waals surface area (Å²) >= 11 is 0. The second-order valence-corrected chi connectivity index (χ2v) is 4.87. The van der Waals surface area contributed by atoms with Crippen molar-refractivity contribution in [2.45, 2.75) is 19.4 Å². The molecule has 1 aromatic heterocycles. The molecular weight excluding hydrogens is 244 g/mol. The second-order valence-electron chi connectivity index (χ2n) is 4.87. The van der Waals surface area contributed by atoms with Gasteiger partial charge in [-0.3, -0.25) is 4.57 Å². The summed E-state index contributed by atoms with van der Waals surface area (Å²) in [5, 5.41) is 0.462. The van der Waals surface area contributed by atoms with E-state index in [1.54, 1.807) is 22.8 Å². The third kappa shape index (κ3) is 2.33. The zero-order chi connectivity index (χ0) is 13.2. The molecule has 3 rings (SSSR count). The Morgan fingerprint density at radius 3 is 2.58 bits per heavy atom. The number of rotatable bonds is 3. The minimum atomic E-state index is -0.567. The van der Waals surface area contributed by atoms with E-state index >= 15 is 0 Å². The molecule has 5 heteroatoms. The summed E-state index contributed by atoms with van der Waals surface area (Å²) in [6.07, 6.45) is 2.44. The first-order valence-electron chi connectivity index (χ1n) is 6.61. The van der Waals surface area contributed by atoms with Crippen molar-refractivity contribution in [3.8, 4) is 0 Å². The van der Waals surface area contributed by atoms with Crippen LogP contribution in [0.15, 0.2) is 38.3 Å². The highest BCUT2D eigenvalue weighted by molar-refractivity contribution is 5.77. The smallest absolute Gasteiger partial charge is 0.372 e. The molecule has 19 heavy (non-hydrogen) atoms. The van der Waals surface area contributed by atoms with Crippen LogP contribution in [0.3, 0.4) is 0 Å². The summed E-state index contributed by atoms with van der Waals surface area (Å²) in [6, 6.07) is 7.08. The van der Waals surface area contributed by atoms with Crippen molar-refractivity contribution < 1.29 is 4.42 Å². The molecule has 0 N–H and O–H groups in total. The predicted molar refractivity (Wildman–Crippen MR) is 72.4 cm³/mol. The quantitative estimate of drug-likeness (QED) is 0.827. The van der Waals surface area contributed by atoms with Crippen LogP contribution < -0.4 is 11.4 Å². The van der Waals surface area contributed by atoms with Gasteiger partial charge in [0.2, 0.25) is 0 Å². The zero-order valence-corrected chi connectivity index (χ0v) is 10.7. The highest BCUT2D eigenvalue weighted by Crippen LogP contribution is 2.10. The van der Waals surface area contributed by atoms with Crippen molar-refractivity contribution in [3.05, 3.63) is 45.2 Å². The Kier molecular flexibility index (Phi) is 3.21. The average Bonchev–Trinajstić information content (AvgIpc) is 2.92. The SMILES string of the molecule is O=c1oc(=O)n(CCN2CCCC2)c2ccccc12. The molecule has 100 valence electrons. The van der Waals surface area contributed by atoms with E-state index in [0.717, 1.165) is 19.6 Å². The van der Waals surface area contributed by atoms with Crippen molar-refractivity contribution in [1.82, 2.24) is 9.47 Å². The molecule has 2 aromatic rings. The van der Waals surface area contributed by atoms with Gasteiger partial charge in [-0.15, -0.1) is 0 Å². The van der Waals surface area contributed by atoms with Crippen LogP contribution in [0.25, 0.3) is 10.9 Å². The molecule has 0 radical (unpaired) electrons. The molecule has 1 saturated heterocycles. The van der Waals surface area contributed by atoms with Crippen LogP contribution in [0.5, 0.6) is 0 Å². The van der Waals surface area contributed by atoms with E-state index in [9.17, 15) is 9.59 Å². The zero-order valence-electron chi connectivity index (χ0n) is 10.7. The molecule has 0 atom stereocenters.